The monoisotopic (exact) mass is 252 g/mol. The van der Waals surface area contributed by atoms with Crippen LogP contribution in [0.15, 0.2) is 12.7 Å². The van der Waals surface area contributed by atoms with Gasteiger partial charge in [0.15, 0.2) is 0 Å². The highest BCUT2D eigenvalue weighted by Gasteiger charge is 2.61. The highest BCUT2D eigenvalue weighted by Crippen LogP contribution is 2.66. The topological polar surface area (TPSA) is 35.5 Å². The number of fused-ring (bicyclic) bond motifs is 2. The lowest BCUT2D eigenvalue weighted by molar-refractivity contribution is -0.141. The van der Waals surface area contributed by atoms with Crippen molar-refractivity contribution in [3.05, 3.63) is 12.7 Å². The van der Waals surface area contributed by atoms with Crippen LogP contribution in [0.5, 0.6) is 0 Å². The summed E-state index contributed by atoms with van der Waals surface area (Å²) in [6.07, 6.45) is 5.23. The molecular weight excluding hydrogens is 228 g/mol. The quantitative estimate of drug-likeness (QED) is 0.429. The number of carbonyl (C=O) groups is 1. The molecule has 0 aromatic carbocycles. The van der Waals surface area contributed by atoms with E-state index < -0.39 is 0 Å². The Kier molecular flexibility index (Phi) is 3.54. The average Bonchev–Trinajstić information content (AvgIpc) is 2.67. The van der Waals surface area contributed by atoms with Crippen LogP contribution in [0.1, 0.15) is 40.0 Å². The van der Waals surface area contributed by atoms with E-state index in [0.717, 1.165) is 12.3 Å². The van der Waals surface area contributed by atoms with Crippen LogP contribution in [0, 0.1) is 16.7 Å². The fourth-order valence-corrected chi connectivity index (χ4v) is 3.77. The fraction of sp³-hybridized carbons (Fsp3) is 0.800. The maximum absolute atomic E-state index is 10.9. The zero-order chi connectivity index (χ0) is 13.4. The van der Waals surface area contributed by atoms with E-state index in [1.54, 1.807) is 0 Å². The Labute approximate surface area is 110 Å². The number of hydrogen-bond donors (Lipinski definition) is 0. The third-order valence-electron chi connectivity index (χ3n) is 5.53. The van der Waals surface area contributed by atoms with E-state index in [0.29, 0.717) is 24.7 Å². The molecule has 2 fully saturated rings. The van der Waals surface area contributed by atoms with Crippen LogP contribution in [0.25, 0.3) is 0 Å². The van der Waals surface area contributed by atoms with Crippen LogP contribution in [0.3, 0.4) is 0 Å². The van der Waals surface area contributed by atoms with Crippen molar-refractivity contribution in [1.82, 2.24) is 0 Å². The molecule has 0 heterocycles. The third kappa shape index (κ3) is 1.99. The van der Waals surface area contributed by atoms with Gasteiger partial charge in [-0.05, 0) is 36.0 Å². The molecular formula is C15H24O3. The smallest absolute Gasteiger partial charge is 0.330 e. The molecule has 0 spiro atoms. The summed E-state index contributed by atoms with van der Waals surface area (Å²) in [4.78, 5) is 10.9. The first-order valence-electron chi connectivity index (χ1n) is 6.82. The summed E-state index contributed by atoms with van der Waals surface area (Å²) in [5, 5.41) is 0. The van der Waals surface area contributed by atoms with Crippen LogP contribution in [-0.4, -0.2) is 25.3 Å². The van der Waals surface area contributed by atoms with Crippen molar-refractivity contribution in [3.63, 3.8) is 0 Å². The molecule has 2 saturated carbocycles. The molecule has 2 aliphatic carbocycles. The van der Waals surface area contributed by atoms with Gasteiger partial charge in [0.05, 0.1) is 12.7 Å². The molecule has 0 aliphatic heterocycles. The van der Waals surface area contributed by atoms with Crippen LogP contribution in [0.4, 0.5) is 0 Å². The van der Waals surface area contributed by atoms with Gasteiger partial charge in [-0.2, -0.15) is 0 Å². The molecule has 0 saturated heterocycles. The van der Waals surface area contributed by atoms with E-state index in [4.69, 9.17) is 9.47 Å². The van der Waals surface area contributed by atoms with Crippen molar-refractivity contribution in [3.8, 4) is 0 Å². The van der Waals surface area contributed by atoms with Crippen LogP contribution in [0.2, 0.25) is 0 Å². The van der Waals surface area contributed by atoms with Crippen molar-refractivity contribution >= 4 is 5.97 Å². The predicted octanol–water partition coefficient (Wildman–Crippen LogP) is 2.95. The van der Waals surface area contributed by atoms with Gasteiger partial charge in [-0.3, -0.25) is 0 Å². The van der Waals surface area contributed by atoms with E-state index in [2.05, 4.69) is 27.4 Å². The van der Waals surface area contributed by atoms with Crippen molar-refractivity contribution in [2.24, 2.45) is 16.7 Å². The molecule has 3 atom stereocenters. The van der Waals surface area contributed by atoms with Crippen molar-refractivity contribution in [2.75, 3.05) is 13.2 Å². The minimum atomic E-state index is -0.377. The van der Waals surface area contributed by atoms with Crippen LogP contribution >= 0.6 is 0 Å². The zero-order valence-corrected chi connectivity index (χ0v) is 11.7. The Morgan fingerprint density at radius 2 is 2.11 bits per heavy atom. The molecule has 102 valence electrons. The summed E-state index contributed by atoms with van der Waals surface area (Å²) >= 11 is 0. The molecule has 0 amide bonds. The van der Waals surface area contributed by atoms with Crippen molar-refractivity contribution < 1.29 is 14.3 Å². The lowest BCUT2D eigenvalue weighted by atomic mass is 9.70. The van der Waals surface area contributed by atoms with E-state index in [1.807, 2.05) is 0 Å². The number of carbonyl (C=O) groups excluding carboxylic acids is 1. The first-order chi connectivity index (χ1) is 8.41. The van der Waals surface area contributed by atoms with Gasteiger partial charge in [0.2, 0.25) is 0 Å². The predicted molar refractivity (Wildman–Crippen MR) is 70.1 cm³/mol. The molecule has 2 aliphatic rings. The van der Waals surface area contributed by atoms with Gasteiger partial charge in [0.25, 0.3) is 0 Å². The standard InChI is InChI=1S/C15H24O3/c1-5-13(16)18-9-8-17-12-10-11-6-7-15(12,4)14(11,2)3/h5,11-12H,1,6-10H2,2-4H3. The number of ether oxygens (including phenoxy) is 2. The molecule has 3 unspecified atom stereocenters. The van der Waals surface area contributed by atoms with E-state index in [9.17, 15) is 4.79 Å². The van der Waals surface area contributed by atoms with Crippen LogP contribution < -0.4 is 0 Å². The Morgan fingerprint density at radius 3 is 2.61 bits per heavy atom. The maximum Gasteiger partial charge on any atom is 0.330 e. The number of hydrogen-bond acceptors (Lipinski definition) is 3. The molecule has 0 aromatic rings. The highest BCUT2D eigenvalue weighted by atomic mass is 16.6. The molecule has 0 N–H and O–H groups in total. The van der Waals surface area contributed by atoms with Crippen LogP contribution in [-0.2, 0) is 14.3 Å². The second-order valence-electron chi connectivity index (χ2n) is 6.34. The lowest BCUT2D eigenvalue weighted by Crippen LogP contribution is -2.37. The first-order valence-corrected chi connectivity index (χ1v) is 6.82. The Hall–Kier alpha value is -0.830. The SMILES string of the molecule is C=CC(=O)OCCOC1CC2CCC1(C)C2(C)C. The second-order valence-corrected chi connectivity index (χ2v) is 6.34. The minimum absolute atomic E-state index is 0.278. The summed E-state index contributed by atoms with van der Waals surface area (Å²) in [6, 6.07) is 0. The Morgan fingerprint density at radius 1 is 1.39 bits per heavy atom. The van der Waals surface area contributed by atoms with Crippen molar-refractivity contribution in [2.45, 2.75) is 46.1 Å². The van der Waals surface area contributed by atoms with E-state index in [-0.39, 0.29) is 11.4 Å². The van der Waals surface area contributed by atoms with Gasteiger partial charge >= 0.3 is 5.97 Å². The molecule has 18 heavy (non-hydrogen) atoms. The summed E-state index contributed by atoms with van der Waals surface area (Å²) < 4.78 is 10.9. The summed E-state index contributed by atoms with van der Waals surface area (Å²) in [7, 11) is 0. The van der Waals surface area contributed by atoms with Gasteiger partial charge in [-0.25, -0.2) is 4.79 Å². The third-order valence-corrected chi connectivity index (χ3v) is 5.53. The highest BCUT2D eigenvalue weighted by molar-refractivity contribution is 5.81. The van der Waals surface area contributed by atoms with Gasteiger partial charge in [0.1, 0.15) is 6.61 Å². The number of esters is 1. The van der Waals surface area contributed by atoms with Gasteiger partial charge in [0, 0.05) is 6.08 Å². The zero-order valence-electron chi connectivity index (χ0n) is 11.7. The molecule has 2 rings (SSSR count). The fourth-order valence-electron chi connectivity index (χ4n) is 3.77. The second kappa shape index (κ2) is 4.69. The maximum atomic E-state index is 10.9. The van der Waals surface area contributed by atoms with Gasteiger partial charge in [-0.15, -0.1) is 0 Å². The molecule has 2 bridgehead atoms. The summed E-state index contributed by atoms with van der Waals surface area (Å²) in [5.74, 6) is 0.404. The first kappa shape index (κ1) is 13.6. The summed E-state index contributed by atoms with van der Waals surface area (Å²) in [5.41, 5.74) is 0.648. The normalized spacial score (nSPS) is 36.6. The van der Waals surface area contributed by atoms with Gasteiger partial charge in [-0.1, -0.05) is 27.4 Å². The van der Waals surface area contributed by atoms with E-state index >= 15 is 0 Å². The summed E-state index contributed by atoms with van der Waals surface area (Å²) in [6.45, 7) is 11.3. The lowest BCUT2D eigenvalue weighted by Gasteiger charge is -2.38. The van der Waals surface area contributed by atoms with E-state index in [1.165, 1.54) is 18.9 Å². The molecule has 3 heteroatoms. The van der Waals surface area contributed by atoms with Gasteiger partial charge < -0.3 is 9.47 Å². The largest absolute Gasteiger partial charge is 0.460 e. The molecule has 0 aromatic heterocycles. The number of rotatable bonds is 5. The molecule has 3 nitrogen and oxygen atoms in total. The Bertz CT molecular complexity index is 348. The molecule has 0 radical (unpaired) electrons. The minimum Gasteiger partial charge on any atom is -0.460 e. The van der Waals surface area contributed by atoms with Crippen molar-refractivity contribution in [1.29, 1.82) is 0 Å². The average molecular weight is 252 g/mol. The Balaban J connectivity index is 1.82.